The molecule has 1 atom stereocenters. The SMILES string of the molecule is C1CCCC1.C=C/C=C\C(C#Cc1ccc(C[C@H](NC(=O)CCNC(=O)CN=C(N)N)C(=O)OC)cc1)=C/CC. The minimum absolute atomic E-state index is 0.0243. The highest BCUT2D eigenvalue weighted by atomic mass is 16.5. The van der Waals surface area contributed by atoms with E-state index in [9.17, 15) is 14.4 Å². The van der Waals surface area contributed by atoms with E-state index in [1.165, 1.54) is 39.2 Å². The third kappa shape index (κ3) is 15.8. The minimum atomic E-state index is -0.870. The molecule has 1 saturated carbocycles. The fourth-order valence-electron chi connectivity index (χ4n) is 3.68. The van der Waals surface area contributed by atoms with Crippen LogP contribution in [0.4, 0.5) is 0 Å². The highest BCUT2D eigenvalue weighted by molar-refractivity contribution is 5.86. The highest BCUT2D eigenvalue weighted by Crippen LogP contribution is 2.15. The van der Waals surface area contributed by atoms with Crippen LogP contribution in [0.3, 0.4) is 0 Å². The van der Waals surface area contributed by atoms with E-state index in [1.807, 2.05) is 49.4 Å². The van der Waals surface area contributed by atoms with Crippen LogP contribution in [0.25, 0.3) is 0 Å². The van der Waals surface area contributed by atoms with Gasteiger partial charge >= 0.3 is 5.97 Å². The van der Waals surface area contributed by atoms with Crippen molar-refractivity contribution in [1.82, 2.24) is 10.6 Å². The lowest BCUT2D eigenvalue weighted by molar-refractivity contribution is -0.145. The van der Waals surface area contributed by atoms with Crippen LogP contribution in [0.5, 0.6) is 0 Å². The quantitative estimate of drug-likeness (QED) is 0.104. The van der Waals surface area contributed by atoms with Crippen LogP contribution in [0.15, 0.2) is 65.7 Å². The van der Waals surface area contributed by atoms with Crippen LogP contribution in [-0.2, 0) is 25.5 Å². The number of ether oxygens (including phenoxy) is 1. The Kier molecular flexibility index (Phi) is 17.4. The first-order valence-corrected chi connectivity index (χ1v) is 13.6. The molecule has 0 bridgehead atoms. The molecule has 2 amide bonds. The molecule has 1 aliphatic rings. The Balaban J connectivity index is 0.00000143. The van der Waals surface area contributed by atoms with E-state index >= 15 is 0 Å². The zero-order valence-electron chi connectivity index (χ0n) is 23.7. The minimum Gasteiger partial charge on any atom is -0.467 e. The number of rotatable bonds is 12. The number of nitrogens with two attached hydrogens (primary N) is 2. The molecular weight excluding hydrogens is 506 g/mol. The van der Waals surface area contributed by atoms with Gasteiger partial charge in [-0.1, -0.05) is 87.8 Å². The molecule has 1 aromatic rings. The third-order valence-electron chi connectivity index (χ3n) is 5.73. The van der Waals surface area contributed by atoms with Gasteiger partial charge in [0.2, 0.25) is 11.8 Å². The number of esters is 1. The van der Waals surface area contributed by atoms with Crippen LogP contribution in [0.2, 0.25) is 0 Å². The zero-order valence-corrected chi connectivity index (χ0v) is 23.7. The van der Waals surface area contributed by atoms with Crippen LogP contribution < -0.4 is 22.1 Å². The van der Waals surface area contributed by atoms with Crippen molar-refractivity contribution in [1.29, 1.82) is 0 Å². The van der Waals surface area contributed by atoms with E-state index < -0.39 is 23.8 Å². The molecule has 0 spiro atoms. The summed E-state index contributed by atoms with van der Waals surface area (Å²) in [5, 5.41) is 5.17. The van der Waals surface area contributed by atoms with Crippen molar-refractivity contribution >= 4 is 23.7 Å². The maximum Gasteiger partial charge on any atom is 0.328 e. The van der Waals surface area contributed by atoms with Crippen molar-refractivity contribution in [3.63, 3.8) is 0 Å². The highest BCUT2D eigenvalue weighted by Gasteiger charge is 2.22. The van der Waals surface area contributed by atoms with Gasteiger partial charge in [-0.3, -0.25) is 9.59 Å². The maximum absolute atomic E-state index is 12.3. The molecule has 1 aliphatic carbocycles. The molecule has 40 heavy (non-hydrogen) atoms. The summed E-state index contributed by atoms with van der Waals surface area (Å²) < 4.78 is 4.82. The van der Waals surface area contributed by atoms with E-state index in [2.05, 4.69) is 34.0 Å². The number of carbonyl (C=O) groups excluding carboxylic acids is 3. The lowest BCUT2D eigenvalue weighted by Crippen LogP contribution is -2.44. The zero-order chi connectivity index (χ0) is 29.6. The van der Waals surface area contributed by atoms with Gasteiger partial charge in [0.05, 0.1) is 7.11 Å². The van der Waals surface area contributed by atoms with E-state index in [-0.39, 0.29) is 31.9 Å². The number of allylic oxidation sites excluding steroid dienone is 5. The molecule has 9 heteroatoms. The van der Waals surface area contributed by atoms with Gasteiger partial charge in [-0.05, 0) is 30.2 Å². The number of aliphatic imine (C=N–C) groups is 1. The first-order valence-electron chi connectivity index (χ1n) is 13.6. The summed E-state index contributed by atoms with van der Waals surface area (Å²) in [6.45, 7) is 5.55. The van der Waals surface area contributed by atoms with E-state index in [1.54, 1.807) is 6.08 Å². The number of nitrogens with zero attached hydrogens (tertiary/aromatic N) is 1. The Morgan fingerprint density at radius 3 is 2.30 bits per heavy atom. The molecule has 0 unspecified atom stereocenters. The summed E-state index contributed by atoms with van der Waals surface area (Å²) >= 11 is 0. The second-order valence-electron chi connectivity index (χ2n) is 9.07. The van der Waals surface area contributed by atoms with E-state index in [0.29, 0.717) is 0 Å². The summed E-state index contributed by atoms with van der Waals surface area (Å²) in [6.07, 6.45) is 16.0. The molecule has 0 heterocycles. The number of hydrogen-bond donors (Lipinski definition) is 4. The number of hydrogen-bond acceptors (Lipinski definition) is 5. The fraction of sp³-hybridized carbons (Fsp3) is 0.419. The van der Waals surface area contributed by atoms with Crippen LogP contribution in [0, 0.1) is 11.8 Å². The van der Waals surface area contributed by atoms with Crippen molar-refractivity contribution in [3.8, 4) is 11.8 Å². The standard InChI is InChI=1S/C26H33N5O4.C5H10/c1-4-6-8-19(7-5-2)9-10-20-11-13-21(14-12-20)17-22(25(34)35-3)31-23(32)15-16-29-24(33)18-30-26(27)28;1-2-4-5-3-1/h4,6-8,11-14,22H,1,5,15-18H2,2-3H3,(H,29,33)(H,31,32)(H4,27,28,30);1-5H2/b8-6-,19-7+;/t22-;/m0./s1. The summed E-state index contributed by atoms with van der Waals surface area (Å²) in [7, 11) is 1.26. The Bertz CT molecular complexity index is 1100. The van der Waals surface area contributed by atoms with Crippen molar-refractivity contribution in [2.24, 2.45) is 16.5 Å². The largest absolute Gasteiger partial charge is 0.467 e. The molecule has 6 N–H and O–H groups in total. The summed E-state index contributed by atoms with van der Waals surface area (Å²) in [4.78, 5) is 39.6. The van der Waals surface area contributed by atoms with Gasteiger partial charge in [-0.2, -0.15) is 0 Å². The number of carbonyl (C=O) groups is 3. The Morgan fingerprint density at radius 2 is 1.75 bits per heavy atom. The van der Waals surface area contributed by atoms with Crippen LogP contribution in [-0.4, -0.2) is 50.0 Å². The smallest absolute Gasteiger partial charge is 0.328 e. The average molecular weight is 550 g/mol. The van der Waals surface area contributed by atoms with E-state index in [0.717, 1.165) is 23.1 Å². The fourth-order valence-corrected chi connectivity index (χ4v) is 3.68. The van der Waals surface area contributed by atoms with Gasteiger partial charge in [-0.15, -0.1) is 0 Å². The summed E-state index contributed by atoms with van der Waals surface area (Å²) in [5.41, 5.74) is 12.9. The maximum atomic E-state index is 12.3. The van der Waals surface area contributed by atoms with Crippen molar-refractivity contribution in [2.75, 3.05) is 20.2 Å². The van der Waals surface area contributed by atoms with Gasteiger partial charge in [-0.25, -0.2) is 9.79 Å². The molecule has 216 valence electrons. The lowest BCUT2D eigenvalue weighted by atomic mass is 10.0. The second kappa shape index (κ2) is 20.6. The topological polar surface area (TPSA) is 149 Å². The molecule has 0 saturated heterocycles. The Labute approximate surface area is 238 Å². The third-order valence-corrected chi connectivity index (χ3v) is 5.73. The molecule has 1 aromatic carbocycles. The Morgan fingerprint density at radius 1 is 1.10 bits per heavy atom. The van der Waals surface area contributed by atoms with Gasteiger partial charge < -0.3 is 26.8 Å². The number of amides is 2. The predicted octanol–water partition coefficient (Wildman–Crippen LogP) is 3.05. The predicted molar refractivity (Wildman–Crippen MR) is 160 cm³/mol. The van der Waals surface area contributed by atoms with Crippen LogP contribution in [0.1, 0.15) is 63.0 Å². The van der Waals surface area contributed by atoms with E-state index in [4.69, 9.17) is 16.2 Å². The first kappa shape index (κ1) is 33.7. The molecule has 0 aliphatic heterocycles. The number of methoxy groups -OCH3 is 1. The van der Waals surface area contributed by atoms with Gasteiger partial charge in [0.25, 0.3) is 0 Å². The molecule has 2 rings (SSSR count). The lowest BCUT2D eigenvalue weighted by Gasteiger charge is -2.17. The summed E-state index contributed by atoms with van der Waals surface area (Å²) in [5.74, 6) is 4.64. The molecule has 1 fully saturated rings. The number of guanidine groups is 1. The summed E-state index contributed by atoms with van der Waals surface area (Å²) in [6, 6.07) is 6.53. The van der Waals surface area contributed by atoms with Gasteiger partial charge in [0, 0.05) is 30.5 Å². The monoisotopic (exact) mass is 549 g/mol. The number of benzene rings is 1. The molecular formula is C31H43N5O4. The van der Waals surface area contributed by atoms with Crippen molar-refractivity contribution in [2.45, 2.75) is 64.3 Å². The van der Waals surface area contributed by atoms with Gasteiger partial charge in [0.1, 0.15) is 12.6 Å². The normalized spacial score (nSPS) is 13.1. The molecule has 9 nitrogen and oxygen atoms in total. The van der Waals surface area contributed by atoms with Crippen molar-refractivity contribution in [3.05, 3.63) is 71.8 Å². The van der Waals surface area contributed by atoms with Gasteiger partial charge in [0.15, 0.2) is 5.96 Å². The van der Waals surface area contributed by atoms with Crippen molar-refractivity contribution < 1.29 is 19.1 Å². The second-order valence-corrected chi connectivity index (χ2v) is 9.07. The average Bonchev–Trinajstić information content (AvgIpc) is 3.54. The Hall–Kier alpha value is -4.32. The number of nitrogens with one attached hydrogen (secondary N) is 2. The van der Waals surface area contributed by atoms with Crippen LogP contribution >= 0.6 is 0 Å². The first-order chi connectivity index (χ1) is 19.3. The molecule has 0 aromatic heterocycles. The molecule has 0 radical (unpaired) electrons.